The van der Waals surface area contributed by atoms with Crippen molar-refractivity contribution >= 4 is 0 Å². The number of aliphatic hydroxyl groups is 1. The SMILES string of the molecule is OCC1CN(CC2CCOc3ccccc32)C1. The molecule has 1 aromatic carbocycles. The summed E-state index contributed by atoms with van der Waals surface area (Å²) in [6, 6.07) is 8.37. The van der Waals surface area contributed by atoms with E-state index in [0.29, 0.717) is 18.4 Å². The van der Waals surface area contributed by atoms with Crippen molar-refractivity contribution in [3.63, 3.8) is 0 Å². The average molecular weight is 233 g/mol. The molecule has 3 rings (SSSR count). The van der Waals surface area contributed by atoms with E-state index < -0.39 is 0 Å². The Bertz CT molecular complexity index is 388. The van der Waals surface area contributed by atoms with Gasteiger partial charge in [0.05, 0.1) is 6.61 Å². The molecule has 0 aromatic heterocycles. The molecule has 0 radical (unpaired) electrons. The fourth-order valence-electron chi connectivity index (χ4n) is 2.86. The van der Waals surface area contributed by atoms with Crippen molar-refractivity contribution in [2.24, 2.45) is 5.92 Å². The molecule has 17 heavy (non-hydrogen) atoms. The van der Waals surface area contributed by atoms with Crippen LogP contribution in [-0.4, -0.2) is 42.9 Å². The van der Waals surface area contributed by atoms with E-state index in [1.807, 2.05) is 6.07 Å². The summed E-state index contributed by atoms with van der Waals surface area (Å²) in [5, 5.41) is 9.02. The van der Waals surface area contributed by atoms with Crippen LogP contribution in [0.5, 0.6) is 5.75 Å². The Morgan fingerprint density at radius 1 is 1.29 bits per heavy atom. The zero-order valence-electron chi connectivity index (χ0n) is 10.0. The van der Waals surface area contributed by atoms with E-state index in [9.17, 15) is 0 Å². The standard InChI is InChI=1S/C14H19NO2/c16-10-11-7-15(8-11)9-12-5-6-17-14-4-2-1-3-13(12)14/h1-4,11-12,16H,5-10H2. The molecule has 1 saturated heterocycles. The van der Waals surface area contributed by atoms with Crippen molar-refractivity contribution in [2.45, 2.75) is 12.3 Å². The number of ether oxygens (including phenoxy) is 1. The van der Waals surface area contributed by atoms with Crippen molar-refractivity contribution in [3.05, 3.63) is 29.8 Å². The Labute approximate surface area is 102 Å². The molecule has 1 N–H and O–H groups in total. The third-order valence-electron chi connectivity index (χ3n) is 3.85. The molecule has 3 heteroatoms. The first kappa shape index (κ1) is 11.1. The van der Waals surface area contributed by atoms with Crippen LogP contribution in [-0.2, 0) is 0 Å². The zero-order valence-corrected chi connectivity index (χ0v) is 10.0. The van der Waals surface area contributed by atoms with Gasteiger partial charge >= 0.3 is 0 Å². The highest BCUT2D eigenvalue weighted by Crippen LogP contribution is 2.34. The second-order valence-corrected chi connectivity index (χ2v) is 5.14. The normalized spacial score (nSPS) is 24.9. The van der Waals surface area contributed by atoms with Gasteiger partial charge in [0.1, 0.15) is 5.75 Å². The van der Waals surface area contributed by atoms with Gasteiger partial charge in [-0.05, 0) is 18.1 Å². The molecule has 2 aliphatic heterocycles. The Morgan fingerprint density at radius 2 is 2.12 bits per heavy atom. The molecule has 92 valence electrons. The monoisotopic (exact) mass is 233 g/mol. The van der Waals surface area contributed by atoms with Crippen LogP contribution in [0.2, 0.25) is 0 Å². The summed E-state index contributed by atoms with van der Waals surface area (Å²) in [5.74, 6) is 2.16. The van der Waals surface area contributed by atoms with E-state index in [4.69, 9.17) is 9.84 Å². The van der Waals surface area contributed by atoms with Gasteiger partial charge in [-0.15, -0.1) is 0 Å². The molecule has 0 spiro atoms. The van der Waals surface area contributed by atoms with E-state index in [0.717, 1.165) is 38.4 Å². The van der Waals surface area contributed by atoms with Gasteiger partial charge in [-0.3, -0.25) is 0 Å². The minimum Gasteiger partial charge on any atom is -0.493 e. The molecule has 1 fully saturated rings. The van der Waals surface area contributed by atoms with Crippen LogP contribution in [0, 0.1) is 5.92 Å². The maximum atomic E-state index is 9.02. The maximum absolute atomic E-state index is 9.02. The largest absolute Gasteiger partial charge is 0.493 e. The number of aliphatic hydroxyl groups excluding tert-OH is 1. The molecule has 0 aliphatic carbocycles. The Kier molecular flexibility index (Phi) is 3.04. The molecule has 3 nitrogen and oxygen atoms in total. The van der Waals surface area contributed by atoms with Crippen LogP contribution >= 0.6 is 0 Å². The lowest BCUT2D eigenvalue weighted by Gasteiger charge is -2.41. The maximum Gasteiger partial charge on any atom is 0.122 e. The third-order valence-corrected chi connectivity index (χ3v) is 3.85. The summed E-state index contributed by atoms with van der Waals surface area (Å²) in [7, 11) is 0. The molecule has 1 atom stereocenters. The van der Waals surface area contributed by atoms with Crippen LogP contribution in [0.25, 0.3) is 0 Å². The first-order valence-corrected chi connectivity index (χ1v) is 6.41. The van der Waals surface area contributed by atoms with Gasteiger partial charge in [-0.2, -0.15) is 0 Å². The van der Waals surface area contributed by atoms with E-state index >= 15 is 0 Å². The first-order chi connectivity index (χ1) is 8.36. The summed E-state index contributed by atoms with van der Waals surface area (Å²) < 4.78 is 5.67. The molecule has 0 amide bonds. The highest BCUT2D eigenvalue weighted by atomic mass is 16.5. The van der Waals surface area contributed by atoms with Gasteiger partial charge in [0, 0.05) is 38.1 Å². The summed E-state index contributed by atoms with van der Waals surface area (Å²) in [4.78, 5) is 2.44. The summed E-state index contributed by atoms with van der Waals surface area (Å²) in [5.41, 5.74) is 1.35. The van der Waals surface area contributed by atoms with Gasteiger partial charge in [0.25, 0.3) is 0 Å². The van der Waals surface area contributed by atoms with Gasteiger partial charge in [-0.1, -0.05) is 18.2 Å². The van der Waals surface area contributed by atoms with Crippen LogP contribution in [0.1, 0.15) is 17.9 Å². The van der Waals surface area contributed by atoms with E-state index in [1.165, 1.54) is 5.56 Å². The number of benzene rings is 1. The molecule has 0 bridgehead atoms. The van der Waals surface area contributed by atoms with Gasteiger partial charge in [-0.25, -0.2) is 0 Å². The fraction of sp³-hybridized carbons (Fsp3) is 0.571. The van der Waals surface area contributed by atoms with Crippen molar-refractivity contribution in [1.29, 1.82) is 0 Å². The number of para-hydroxylation sites is 1. The number of fused-ring (bicyclic) bond motifs is 1. The summed E-state index contributed by atoms with van der Waals surface area (Å²) in [6.45, 7) is 4.38. The lowest BCUT2D eigenvalue weighted by molar-refractivity contribution is 0.0454. The second-order valence-electron chi connectivity index (χ2n) is 5.14. The number of likely N-dealkylation sites (tertiary alicyclic amines) is 1. The van der Waals surface area contributed by atoms with Gasteiger partial charge in [0.2, 0.25) is 0 Å². The van der Waals surface area contributed by atoms with Crippen LogP contribution < -0.4 is 4.74 Å². The predicted molar refractivity (Wildman–Crippen MR) is 66.3 cm³/mol. The summed E-state index contributed by atoms with van der Waals surface area (Å²) in [6.07, 6.45) is 1.11. The van der Waals surface area contributed by atoms with E-state index in [2.05, 4.69) is 23.1 Å². The number of hydrogen-bond donors (Lipinski definition) is 1. The summed E-state index contributed by atoms with van der Waals surface area (Å²) >= 11 is 0. The number of hydrogen-bond acceptors (Lipinski definition) is 3. The number of rotatable bonds is 3. The lowest BCUT2D eigenvalue weighted by atomic mass is 9.90. The lowest BCUT2D eigenvalue weighted by Crippen LogP contribution is -2.50. The van der Waals surface area contributed by atoms with E-state index in [1.54, 1.807) is 0 Å². The highest BCUT2D eigenvalue weighted by Gasteiger charge is 2.30. The van der Waals surface area contributed by atoms with Crippen LogP contribution in [0.15, 0.2) is 24.3 Å². The molecular weight excluding hydrogens is 214 g/mol. The van der Waals surface area contributed by atoms with Crippen molar-refractivity contribution in [2.75, 3.05) is 32.8 Å². The van der Waals surface area contributed by atoms with Crippen molar-refractivity contribution in [1.82, 2.24) is 4.90 Å². The smallest absolute Gasteiger partial charge is 0.122 e. The minimum absolute atomic E-state index is 0.334. The quantitative estimate of drug-likeness (QED) is 0.858. The molecule has 1 aromatic rings. The second kappa shape index (κ2) is 4.67. The van der Waals surface area contributed by atoms with Crippen LogP contribution in [0.3, 0.4) is 0 Å². The van der Waals surface area contributed by atoms with E-state index in [-0.39, 0.29) is 0 Å². The zero-order chi connectivity index (χ0) is 11.7. The Morgan fingerprint density at radius 3 is 2.94 bits per heavy atom. The fourth-order valence-corrected chi connectivity index (χ4v) is 2.86. The molecule has 2 aliphatic rings. The molecule has 1 unspecified atom stereocenters. The predicted octanol–water partition coefficient (Wildman–Crippen LogP) is 1.48. The van der Waals surface area contributed by atoms with Crippen molar-refractivity contribution < 1.29 is 9.84 Å². The topological polar surface area (TPSA) is 32.7 Å². The van der Waals surface area contributed by atoms with Crippen molar-refractivity contribution in [3.8, 4) is 5.75 Å². The molecule has 0 saturated carbocycles. The molecule has 2 heterocycles. The third kappa shape index (κ3) is 2.17. The highest BCUT2D eigenvalue weighted by molar-refractivity contribution is 5.38. The Balaban J connectivity index is 1.65. The minimum atomic E-state index is 0.334. The average Bonchev–Trinajstić information content (AvgIpc) is 2.33. The number of nitrogens with zero attached hydrogens (tertiary/aromatic N) is 1. The Hall–Kier alpha value is -1.06. The van der Waals surface area contributed by atoms with Gasteiger partial charge in [0.15, 0.2) is 0 Å². The van der Waals surface area contributed by atoms with Crippen LogP contribution in [0.4, 0.5) is 0 Å². The molecular formula is C14H19NO2. The first-order valence-electron chi connectivity index (χ1n) is 6.41. The van der Waals surface area contributed by atoms with Gasteiger partial charge < -0.3 is 14.7 Å².